The van der Waals surface area contributed by atoms with Crippen LogP contribution in [0.1, 0.15) is 27.8 Å². The summed E-state index contributed by atoms with van der Waals surface area (Å²) in [5.74, 6) is 0. The van der Waals surface area contributed by atoms with Gasteiger partial charge >= 0.3 is 12.4 Å². The molecule has 0 radical (unpaired) electrons. The highest BCUT2D eigenvalue weighted by Crippen LogP contribution is 2.44. The molecular formula is C25H15F6N2+. The van der Waals surface area contributed by atoms with Crippen LogP contribution in [0.5, 0.6) is 0 Å². The third-order valence-electron chi connectivity index (χ3n) is 5.64. The van der Waals surface area contributed by atoms with Crippen LogP contribution in [0.4, 0.5) is 32.0 Å². The van der Waals surface area contributed by atoms with E-state index in [2.05, 4.69) is 9.98 Å². The number of aromatic nitrogens is 1. The number of aromatic amines is 1. The van der Waals surface area contributed by atoms with E-state index in [1.165, 1.54) is 0 Å². The van der Waals surface area contributed by atoms with Gasteiger partial charge in [-0.15, -0.1) is 0 Å². The Bertz CT molecular complexity index is 1440. The zero-order chi connectivity index (χ0) is 23.4. The molecule has 33 heavy (non-hydrogen) atoms. The monoisotopic (exact) mass is 457 g/mol. The number of nitrogens with one attached hydrogen (secondary N) is 2. The van der Waals surface area contributed by atoms with Crippen LogP contribution in [0.3, 0.4) is 0 Å². The van der Waals surface area contributed by atoms with E-state index in [0.717, 1.165) is 6.07 Å². The predicted octanol–water partition coefficient (Wildman–Crippen LogP) is 5.96. The minimum atomic E-state index is -5.00. The largest absolute Gasteiger partial charge is 0.417 e. The molecule has 5 rings (SSSR count). The topological polar surface area (TPSA) is 29.8 Å². The van der Waals surface area contributed by atoms with Crippen LogP contribution in [0.25, 0.3) is 22.0 Å². The Morgan fingerprint density at radius 2 is 1.48 bits per heavy atom. The smallest absolute Gasteiger partial charge is 0.361 e. The quantitative estimate of drug-likeness (QED) is 0.348. The number of alkyl halides is 6. The van der Waals surface area contributed by atoms with Crippen LogP contribution in [0, 0.1) is 0 Å². The van der Waals surface area contributed by atoms with Gasteiger partial charge in [0.1, 0.15) is 0 Å². The van der Waals surface area contributed by atoms with Gasteiger partial charge in [-0.1, -0.05) is 36.4 Å². The Hall–Kier alpha value is -3.81. The summed E-state index contributed by atoms with van der Waals surface area (Å²) < 4.78 is 82.1. The average molecular weight is 457 g/mol. The Labute approximate surface area is 183 Å². The number of rotatable bonds is 2. The first-order chi connectivity index (χ1) is 15.6. The maximum atomic E-state index is 14.1. The Balaban J connectivity index is 1.88. The van der Waals surface area contributed by atoms with Crippen molar-refractivity contribution in [1.29, 1.82) is 0 Å². The van der Waals surface area contributed by atoms with Crippen LogP contribution in [0.2, 0.25) is 0 Å². The normalized spacial score (nSPS) is 15.2. The fourth-order valence-electron chi connectivity index (χ4n) is 4.17. The number of para-hydroxylation sites is 2. The highest BCUT2D eigenvalue weighted by Gasteiger charge is 2.40. The number of H-pyrrole nitrogens is 1. The van der Waals surface area contributed by atoms with Gasteiger partial charge in [0.05, 0.1) is 22.3 Å². The third kappa shape index (κ3) is 3.61. The summed E-state index contributed by atoms with van der Waals surface area (Å²) in [7, 11) is 0. The van der Waals surface area contributed by atoms with Crippen molar-refractivity contribution in [3.05, 3.63) is 101 Å². The number of hydrogen-bond acceptors (Lipinski definition) is 0. The van der Waals surface area contributed by atoms with Crippen molar-refractivity contribution in [2.75, 3.05) is 0 Å². The molecule has 0 saturated heterocycles. The highest BCUT2D eigenvalue weighted by molar-refractivity contribution is 6.25. The molecule has 0 aliphatic carbocycles. The van der Waals surface area contributed by atoms with Crippen molar-refractivity contribution >= 4 is 34.0 Å². The lowest BCUT2D eigenvalue weighted by atomic mass is 9.86. The van der Waals surface area contributed by atoms with Crippen molar-refractivity contribution in [2.24, 2.45) is 0 Å². The van der Waals surface area contributed by atoms with Gasteiger partial charge in [0.15, 0.2) is 6.21 Å². The van der Waals surface area contributed by atoms with Crippen molar-refractivity contribution in [1.82, 2.24) is 4.98 Å². The summed E-state index contributed by atoms with van der Waals surface area (Å²) in [5, 5.41) is 0.658. The molecule has 2 heterocycles. The fraction of sp³-hybridized carbons (Fsp3) is 0.0800. The molecule has 0 bridgehead atoms. The fourth-order valence-corrected chi connectivity index (χ4v) is 4.17. The average Bonchev–Trinajstić information content (AvgIpc) is 3.38. The first-order valence-corrected chi connectivity index (χ1v) is 9.93. The van der Waals surface area contributed by atoms with Crippen LogP contribution in [-0.2, 0) is 12.4 Å². The van der Waals surface area contributed by atoms with E-state index >= 15 is 0 Å². The SMILES string of the molecule is FC(F)(F)c1ccc(C(=C2C=[NH+]c3ccccc32)c2c[nH]c3ccccc23)c(C(F)(F)F)c1. The number of fused-ring (bicyclic) bond motifs is 2. The molecule has 1 aromatic heterocycles. The molecule has 2 N–H and O–H groups in total. The van der Waals surface area contributed by atoms with Crippen LogP contribution < -0.4 is 4.99 Å². The summed E-state index contributed by atoms with van der Waals surface area (Å²) in [6.07, 6.45) is -6.74. The lowest BCUT2D eigenvalue weighted by Crippen LogP contribution is -2.58. The van der Waals surface area contributed by atoms with Crippen molar-refractivity contribution in [3.63, 3.8) is 0 Å². The van der Waals surface area contributed by atoms with E-state index in [1.807, 2.05) is 0 Å². The van der Waals surface area contributed by atoms with Gasteiger partial charge in [0, 0.05) is 34.3 Å². The zero-order valence-corrected chi connectivity index (χ0v) is 16.8. The molecule has 1 aliphatic rings. The van der Waals surface area contributed by atoms with E-state index in [4.69, 9.17) is 0 Å². The van der Waals surface area contributed by atoms with E-state index in [9.17, 15) is 26.3 Å². The molecule has 8 heteroatoms. The molecule has 0 fully saturated rings. The van der Waals surface area contributed by atoms with Crippen LogP contribution >= 0.6 is 0 Å². The van der Waals surface area contributed by atoms with Gasteiger partial charge in [-0.25, -0.2) is 4.99 Å². The molecule has 0 amide bonds. The molecule has 0 unspecified atom stereocenters. The molecule has 3 aromatic carbocycles. The summed E-state index contributed by atoms with van der Waals surface area (Å²) >= 11 is 0. The first kappa shape index (κ1) is 21.1. The maximum Gasteiger partial charge on any atom is 0.417 e. The lowest BCUT2D eigenvalue weighted by molar-refractivity contribution is -0.342. The molecule has 4 aromatic rings. The highest BCUT2D eigenvalue weighted by atomic mass is 19.4. The van der Waals surface area contributed by atoms with Gasteiger partial charge in [-0.05, 0) is 29.8 Å². The van der Waals surface area contributed by atoms with Gasteiger partial charge in [-0.3, -0.25) is 0 Å². The standard InChI is InChI=1S/C25H14F6N2/c26-24(27,28)14-9-10-17(20(11-14)25(29,30)31)23(18-12-32-21-7-3-1-5-15(18)21)19-13-33-22-8-4-2-6-16(19)22/h1-13,32H/p+1. The second kappa shape index (κ2) is 7.37. The number of allylic oxidation sites excluding steroid dienone is 1. The van der Waals surface area contributed by atoms with E-state index < -0.39 is 23.5 Å². The number of halogens is 6. The van der Waals surface area contributed by atoms with E-state index in [1.54, 1.807) is 60.9 Å². The van der Waals surface area contributed by atoms with Crippen molar-refractivity contribution in [3.8, 4) is 0 Å². The summed E-state index contributed by atoms with van der Waals surface area (Å²) in [6, 6.07) is 15.9. The van der Waals surface area contributed by atoms with Gasteiger partial charge < -0.3 is 4.98 Å². The Morgan fingerprint density at radius 1 is 0.758 bits per heavy atom. The maximum absolute atomic E-state index is 14.1. The summed E-state index contributed by atoms with van der Waals surface area (Å²) in [4.78, 5) is 6.10. The van der Waals surface area contributed by atoms with Gasteiger partial charge in [0.2, 0.25) is 5.69 Å². The third-order valence-corrected chi connectivity index (χ3v) is 5.64. The molecule has 0 saturated carbocycles. The zero-order valence-electron chi connectivity index (χ0n) is 16.8. The second-order valence-corrected chi connectivity index (χ2v) is 7.63. The molecule has 1 aliphatic heterocycles. The van der Waals surface area contributed by atoms with E-state index in [-0.39, 0.29) is 17.2 Å². The molecule has 0 spiro atoms. The minimum absolute atomic E-state index is 0.180. The number of hydrogen-bond donors (Lipinski definition) is 2. The lowest BCUT2D eigenvalue weighted by Gasteiger charge is -2.19. The molecule has 2 nitrogen and oxygen atoms in total. The Kier molecular flexibility index (Phi) is 4.70. The molecular weight excluding hydrogens is 442 g/mol. The summed E-state index contributed by atoms with van der Waals surface area (Å²) in [6.45, 7) is 0. The second-order valence-electron chi connectivity index (χ2n) is 7.63. The van der Waals surface area contributed by atoms with Gasteiger partial charge in [0.25, 0.3) is 0 Å². The first-order valence-electron chi connectivity index (χ1n) is 9.93. The number of benzene rings is 3. The van der Waals surface area contributed by atoms with Crippen molar-refractivity contribution in [2.45, 2.75) is 12.4 Å². The molecule has 0 atom stereocenters. The Morgan fingerprint density at radius 3 is 2.24 bits per heavy atom. The summed E-state index contributed by atoms with van der Waals surface area (Å²) in [5.41, 5.74) is 0.136. The predicted molar refractivity (Wildman–Crippen MR) is 114 cm³/mol. The van der Waals surface area contributed by atoms with Gasteiger partial charge in [-0.2, -0.15) is 26.3 Å². The minimum Gasteiger partial charge on any atom is -0.361 e. The van der Waals surface area contributed by atoms with Crippen LogP contribution in [-0.4, -0.2) is 11.2 Å². The molecule has 166 valence electrons. The van der Waals surface area contributed by atoms with Crippen LogP contribution in [0.15, 0.2) is 72.9 Å². The van der Waals surface area contributed by atoms with E-state index in [0.29, 0.717) is 39.4 Å². The van der Waals surface area contributed by atoms with Crippen molar-refractivity contribution < 1.29 is 31.3 Å².